The van der Waals surface area contributed by atoms with E-state index < -0.39 is 0 Å². The summed E-state index contributed by atoms with van der Waals surface area (Å²) in [4.78, 5) is 11.8. The average Bonchev–Trinajstić information content (AvgIpc) is 2.60. The molecule has 1 amide bonds. The summed E-state index contributed by atoms with van der Waals surface area (Å²) in [5.41, 5.74) is 6.48. The molecule has 19 heavy (non-hydrogen) atoms. The van der Waals surface area contributed by atoms with Crippen LogP contribution in [0.2, 0.25) is 0 Å². The third-order valence-electron chi connectivity index (χ3n) is 2.81. The molecule has 108 valence electrons. The van der Waals surface area contributed by atoms with Gasteiger partial charge in [0.1, 0.15) is 0 Å². The monoisotopic (exact) mass is 266 g/mol. The molecule has 1 heterocycles. The van der Waals surface area contributed by atoms with E-state index >= 15 is 0 Å². The highest BCUT2D eigenvalue weighted by atomic mass is 16.1. The largest absolute Gasteiger partial charge is 0.396 e. The van der Waals surface area contributed by atoms with Crippen molar-refractivity contribution in [2.75, 3.05) is 12.3 Å². The summed E-state index contributed by atoms with van der Waals surface area (Å²) in [5.74, 6) is 0.511. The van der Waals surface area contributed by atoms with Gasteiger partial charge in [0, 0.05) is 19.2 Å². The Morgan fingerprint density at radius 1 is 1.53 bits per heavy atom. The van der Waals surface area contributed by atoms with Crippen LogP contribution >= 0.6 is 0 Å². The lowest BCUT2D eigenvalue weighted by atomic mass is 9.84. The van der Waals surface area contributed by atoms with Gasteiger partial charge in [0.2, 0.25) is 5.91 Å². The standard InChI is InChI=1S/C14H26N4O/c1-11(8-14(2,3)4)7-13(19)16-5-6-18-10-12(15)9-17-18/h9-11H,5-8,15H2,1-4H3,(H,16,19). The maximum atomic E-state index is 11.8. The highest BCUT2D eigenvalue weighted by molar-refractivity contribution is 5.76. The molecule has 1 unspecified atom stereocenters. The predicted octanol–water partition coefficient (Wildman–Crippen LogP) is 2.04. The Bertz CT molecular complexity index is 406. The molecule has 0 aliphatic heterocycles. The molecular formula is C14H26N4O. The van der Waals surface area contributed by atoms with Crippen LogP contribution in [0.3, 0.4) is 0 Å². The second kappa shape index (κ2) is 6.59. The number of aromatic nitrogens is 2. The van der Waals surface area contributed by atoms with Gasteiger partial charge in [-0.25, -0.2) is 0 Å². The number of nitrogens with two attached hydrogens (primary N) is 1. The molecule has 5 heteroatoms. The van der Waals surface area contributed by atoms with Crippen molar-refractivity contribution in [3.05, 3.63) is 12.4 Å². The van der Waals surface area contributed by atoms with Gasteiger partial charge in [0.05, 0.1) is 18.4 Å². The first-order chi connectivity index (χ1) is 8.76. The highest BCUT2D eigenvalue weighted by Crippen LogP contribution is 2.25. The van der Waals surface area contributed by atoms with Crippen LogP contribution in [-0.2, 0) is 11.3 Å². The average molecular weight is 266 g/mol. The zero-order valence-electron chi connectivity index (χ0n) is 12.4. The Balaban J connectivity index is 2.21. The number of nitrogen functional groups attached to an aromatic ring is 1. The summed E-state index contributed by atoms with van der Waals surface area (Å²) in [6, 6.07) is 0. The van der Waals surface area contributed by atoms with E-state index in [1.54, 1.807) is 17.1 Å². The molecular weight excluding hydrogens is 240 g/mol. The number of amides is 1. The van der Waals surface area contributed by atoms with E-state index in [4.69, 9.17) is 5.73 Å². The molecule has 0 spiro atoms. The normalized spacial score (nSPS) is 13.3. The third kappa shape index (κ3) is 6.84. The second-order valence-corrected chi connectivity index (χ2v) is 6.46. The van der Waals surface area contributed by atoms with Crippen LogP contribution in [0, 0.1) is 11.3 Å². The first-order valence-corrected chi connectivity index (χ1v) is 6.81. The van der Waals surface area contributed by atoms with E-state index in [0.29, 0.717) is 31.1 Å². The highest BCUT2D eigenvalue weighted by Gasteiger charge is 2.17. The van der Waals surface area contributed by atoms with Crippen molar-refractivity contribution in [2.24, 2.45) is 11.3 Å². The van der Waals surface area contributed by atoms with E-state index in [2.05, 4.69) is 38.1 Å². The van der Waals surface area contributed by atoms with Crippen molar-refractivity contribution in [1.82, 2.24) is 15.1 Å². The SMILES string of the molecule is CC(CC(=O)NCCn1cc(N)cn1)CC(C)(C)C. The topological polar surface area (TPSA) is 72.9 Å². The third-order valence-corrected chi connectivity index (χ3v) is 2.81. The molecule has 0 bridgehead atoms. The lowest BCUT2D eigenvalue weighted by Gasteiger charge is -2.22. The van der Waals surface area contributed by atoms with E-state index in [1.165, 1.54) is 0 Å². The van der Waals surface area contributed by atoms with Crippen LogP contribution in [0.1, 0.15) is 40.5 Å². The minimum absolute atomic E-state index is 0.108. The Hall–Kier alpha value is -1.52. The minimum atomic E-state index is 0.108. The van der Waals surface area contributed by atoms with E-state index in [9.17, 15) is 4.79 Å². The maximum absolute atomic E-state index is 11.8. The van der Waals surface area contributed by atoms with Crippen molar-refractivity contribution in [3.63, 3.8) is 0 Å². The van der Waals surface area contributed by atoms with E-state index in [1.807, 2.05) is 0 Å². The zero-order valence-corrected chi connectivity index (χ0v) is 12.4. The maximum Gasteiger partial charge on any atom is 0.220 e. The van der Waals surface area contributed by atoms with E-state index in [-0.39, 0.29) is 11.3 Å². The molecule has 1 aromatic heterocycles. The Morgan fingerprint density at radius 3 is 2.74 bits per heavy atom. The molecule has 1 atom stereocenters. The van der Waals surface area contributed by atoms with Gasteiger partial charge in [-0.3, -0.25) is 9.48 Å². The fraction of sp³-hybridized carbons (Fsp3) is 0.714. The van der Waals surface area contributed by atoms with Crippen molar-refractivity contribution in [3.8, 4) is 0 Å². The van der Waals surface area contributed by atoms with Gasteiger partial charge >= 0.3 is 0 Å². The van der Waals surface area contributed by atoms with Gasteiger partial charge in [-0.15, -0.1) is 0 Å². The Labute approximate surface area is 115 Å². The number of nitrogens with one attached hydrogen (secondary N) is 1. The van der Waals surface area contributed by atoms with Gasteiger partial charge in [-0.1, -0.05) is 27.7 Å². The smallest absolute Gasteiger partial charge is 0.220 e. The number of hydrogen-bond donors (Lipinski definition) is 2. The quantitative estimate of drug-likeness (QED) is 0.827. The van der Waals surface area contributed by atoms with Gasteiger partial charge in [-0.2, -0.15) is 5.10 Å². The lowest BCUT2D eigenvalue weighted by Crippen LogP contribution is -2.29. The summed E-state index contributed by atoms with van der Waals surface area (Å²) in [6.07, 6.45) is 5.00. The fourth-order valence-corrected chi connectivity index (χ4v) is 2.32. The number of rotatable bonds is 6. The Morgan fingerprint density at radius 2 is 2.21 bits per heavy atom. The molecule has 0 fully saturated rings. The molecule has 5 nitrogen and oxygen atoms in total. The summed E-state index contributed by atoms with van der Waals surface area (Å²) in [5, 5.41) is 6.98. The first kappa shape index (κ1) is 15.5. The van der Waals surface area contributed by atoms with E-state index in [0.717, 1.165) is 6.42 Å². The summed E-state index contributed by atoms with van der Waals surface area (Å²) in [7, 11) is 0. The van der Waals surface area contributed by atoms with Crippen LogP contribution in [0.25, 0.3) is 0 Å². The van der Waals surface area contributed by atoms with Crippen LogP contribution in [0.5, 0.6) is 0 Å². The number of anilines is 1. The van der Waals surface area contributed by atoms with Crippen molar-refractivity contribution < 1.29 is 4.79 Å². The van der Waals surface area contributed by atoms with Crippen LogP contribution in [0.15, 0.2) is 12.4 Å². The van der Waals surface area contributed by atoms with Crippen molar-refractivity contribution in [2.45, 2.75) is 47.1 Å². The summed E-state index contributed by atoms with van der Waals surface area (Å²) >= 11 is 0. The molecule has 0 saturated carbocycles. The molecule has 3 N–H and O–H groups in total. The number of carbonyl (C=O) groups is 1. The zero-order chi connectivity index (χ0) is 14.5. The van der Waals surface area contributed by atoms with Gasteiger partial charge in [0.25, 0.3) is 0 Å². The lowest BCUT2D eigenvalue weighted by molar-refractivity contribution is -0.122. The van der Waals surface area contributed by atoms with Gasteiger partial charge in [0.15, 0.2) is 0 Å². The summed E-state index contributed by atoms with van der Waals surface area (Å²) < 4.78 is 1.73. The molecule has 1 rings (SSSR count). The molecule has 0 radical (unpaired) electrons. The fourth-order valence-electron chi connectivity index (χ4n) is 2.32. The number of carbonyl (C=O) groups excluding carboxylic acids is 1. The Kier molecular flexibility index (Phi) is 5.39. The van der Waals surface area contributed by atoms with Crippen molar-refractivity contribution in [1.29, 1.82) is 0 Å². The molecule has 0 aliphatic rings. The van der Waals surface area contributed by atoms with Gasteiger partial charge < -0.3 is 11.1 Å². The van der Waals surface area contributed by atoms with Gasteiger partial charge in [-0.05, 0) is 17.8 Å². The van der Waals surface area contributed by atoms with Crippen LogP contribution in [0.4, 0.5) is 5.69 Å². The molecule has 0 aliphatic carbocycles. The molecule has 1 aromatic rings. The van der Waals surface area contributed by atoms with Crippen LogP contribution in [-0.4, -0.2) is 22.2 Å². The minimum Gasteiger partial charge on any atom is -0.396 e. The molecule has 0 saturated heterocycles. The van der Waals surface area contributed by atoms with Crippen molar-refractivity contribution >= 4 is 11.6 Å². The second-order valence-electron chi connectivity index (χ2n) is 6.46. The number of nitrogens with zero attached hydrogens (tertiary/aromatic N) is 2. The first-order valence-electron chi connectivity index (χ1n) is 6.81. The van der Waals surface area contributed by atoms with Crippen LogP contribution < -0.4 is 11.1 Å². The number of hydrogen-bond acceptors (Lipinski definition) is 3. The molecule has 0 aromatic carbocycles. The summed E-state index contributed by atoms with van der Waals surface area (Å²) in [6.45, 7) is 9.95. The predicted molar refractivity (Wildman–Crippen MR) is 77.5 cm³/mol.